The van der Waals surface area contributed by atoms with Crippen LogP contribution in [0.2, 0.25) is 0 Å². The molecule has 2 aliphatic rings. The van der Waals surface area contributed by atoms with Gasteiger partial charge in [0.05, 0.1) is 5.69 Å². The monoisotopic (exact) mass is 390 g/mol. The number of carboxylic acid groups (broad SMARTS) is 1. The van der Waals surface area contributed by atoms with Crippen molar-refractivity contribution >= 4 is 34.2 Å². The summed E-state index contributed by atoms with van der Waals surface area (Å²) in [6, 6.07) is 10.5. The molecule has 0 saturated carbocycles. The van der Waals surface area contributed by atoms with Crippen LogP contribution < -0.4 is 4.90 Å². The molecule has 1 unspecified atom stereocenters. The van der Waals surface area contributed by atoms with E-state index in [0.717, 1.165) is 22.2 Å². The summed E-state index contributed by atoms with van der Waals surface area (Å²) in [5.74, 6) is -1.53. The number of aromatic carboxylic acids is 1. The highest BCUT2D eigenvalue weighted by Gasteiger charge is 2.38. The Labute approximate surface area is 165 Å². The summed E-state index contributed by atoms with van der Waals surface area (Å²) in [7, 11) is 0. The van der Waals surface area contributed by atoms with Crippen molar-refractivity contribution in [1.29, 1.82) is 0 Å². The van der Waals surface area contributed by atoms with Crippen molar-refractivity contribution in [3.8, 4) is 0 Å². The van der Waals surface area contributed by atoms with Crippen LogP contribution in [0.1, 0.15) is 39.0 Å². The number of aromatic amines is 1. The Bertz CT molecular complexity index is 1190. The van der Waals surface area contributed by atoms with Crippen molar-refractivity contribution in [1.82, 2.24) is 15.1 Å². The maximum atomic E-state index is 13.3. The second-order valence-electron chi connectivity index (χ2n) is 7.38. The third-order valence-electron chi connectivity index (χ3n) is 5.78. The van der Waals surface area contributed by atoms with E-state index in [1.165, 1.54) is 0 Å². The fourth-order valence-electron chi connectivity index (χ4n) is 4.36. The minimum absolute atomic E-state index is 0.0559. The van der Waals surface area contributed by atoms with E-state index in [1.807, 2.05) is 30.3 Å². The Kier molecular flexibility index (Phi) is 3.70. The standard InChI is InChI=1S/C21H18N4O4/c1-11(19(26)24-9-8-15-14(10-24)18(21(28)29)23-22-15)25-16-7-3-5-12-4-2-6-13(17(12)16)20(25)27/h2-7,11H,8-10H2,1H3,(H,22,23)(H,28,29). The Morgan fingerprint density at radius 2 is 1.97 bits per heavy atom. The smallest absolute Gasteiger partial charge is 0.356 e. The van der Waals surface area contributed by atoms with E-state index >= 15 is 0 Å². The molecule has 2 aromatic carbocycles. The van der Waals surface area contributed by atoms with Crippen LogP contribution in [0.15, 0.2) is 36.4 Å². The van der Waals surface area contributed by atoms with Gasteiger partial charge in [0.25, 0.3) is 5.91 Å². The van der Waals surface area contributed by atoms with Gasteiger partial charge >= 0.3 is 5.97 Å². The van der Waals surface area contributed by atoms with Crippen LogP contribution in [0.5, 0.6) is 0 Å². The zero-order valence-corrected chi connectivity index (χ0v) is 15.7. The summed E-state index contributed by atoms with van der Waals surface area (Å²) in [5.41, 5.74) is 2.55. The van der Waals surface area contributed by atoms with Gasteiger partial charge in [0.15, 0.2) is 5.69 Å². The summed E-state index contributed by atoms with van der Waals surface area (Å²) in [4.78, 5) is 40.9. The molecule has 2 aliphatic heterocycles. The lowest BCUT2D eigenvalue weighted by molar-refractivity contribution is -0.133. The largest absolute Gasteiger partial charge is 0.476 e. The van der Waals surface area contributed by atoms with E-state index in [0.29, 0.717) is 24.1 Å². The fourth-order valence-corrected chi connectivity index (χ4v) is 4.36. The van der Waals surface area contributed by atoms with Crippen molar-refractivity contribution in [2.75, 3.05) is 11.4 Å². The number of carbonyl (C=O) groups is 3. The summed E-state index contributed by atoms with van der Waals surface area (Å²) < 4.78 is 0. The second kappa shape index (κ2) is 6.16. The van der Waals surface area contributed by atoms with Gasteiger partial charge in [0.1, 0.15) is 6.04 Å². The number of H-pyrrole nitrogens is 1. The summed E-state index contributed by atoms with van der Waals surface area (Å²) >= 11 is 0. The number of aromatic nitrogens is 2. The van der Waals surface area contributed by atoms with E-state index in [-0.39, 0.29) is 24.1 Å². The van der Waals surface area contributed by atoms with Gasteiger partial charge in [-0.1, -0.05) is 24.3 Å². The molecule has 0 saturated heterocycles. The minimum Gasteiger partial charge on any atom is -0.476 e. The Morgan fingerprint density at radius 1 is 1.21 bits per heavy atom. The first-order valence-corrected chi connectivity index (χ1v) is 9.41. The molecule has 5 rings (SSSR count). The van der Waals surface area contributed by atoms with Crippen LogP contribution in [0.25, 0.3) is 10.8 Å². The molecule has 8 nitrogen and oxygen atoms in total. The number of nitrogens with zero attached hydrogens (tertiary/aromatic N) is 3. The number of rotatable bonds is 3. The molecule has 0 spiro atoms. The molecule has 146 valence electrons. The summed E-state index contributed by atoms with van der Waals surface area (Å²) in [5, 5.41) is 17.7. The van der Waals surface area contributed by atoms with Crippen LogP contribution in [0, 0.1) is 0 Å². The van der Waals surface area contributed by atoms with Gasteiger partial charge in [-0.05, 0) is 24.4 Å². The maximum absolute atomic E-state index is 13.3. The third kappa shape index (κ3) is 2.45. The van der Waals surface area contributed by atoms with E-state index in [1.54, 1.807) is 22.8 Å². The Balaban J connectivity index is 1.46. The molecule has 2 N–H and O–H groups in total. The zero-order chi connectivity index (χ0) is 20.3. The molecule has 0 radical (unpaired) electrons. The number of benzene rings is 2. The summed E-state index contributed by atoms with van der Waals surface area (Å²) in [6.07, 6.45) is 0.498. The summed E-state index contributed by atoms with van der Waals surface area (Å²) in [6.45, 7) is 2.32. The molecule has 0 aliphatic carbocycles. The maximum Gasteiger partial charge on any atom is 0.356 e. The third-order valence-corrected chi connectivity index (χ3v) is 5.78. The molecule has 0 fully saturated rings. The zero-order valence-electron chi connectivity index (χ0n) is 15.7. The van der Waals surface area contributed by atoms with Gasteiger partial charge < -0.3 is 10.0 Å². The average molecular weight is 390 g/mol. The van der Waals surface area contributed by atoms with Crippen molar-refractivity contribution in [3.05, 3.63) is 58.9 Å². The lowest BCUT2D eigenvalue weighted by Gasteiger charge is -2.33. The van der Waals surface area contributed by atoms with Crippen LogP contribution in [0.4, 0.5) is 5.69 Å². The van der Waals surface area contributed by atoms with Crippen LogP contribution >= 0.6 is 0 Å². The van der Waals surface area contributed by atoms with Crippen LogP contribution in [0.3, 0.4) is 0 Å². The molecule has 3 heterocycles. The SMILES string of the molecule is CC(C(=O)N1CCc2[nH]nc(C(=O)O)c2C1)N1C(=O)c2cccc3cccc1c23. The number of amides is 2. The number of carboxylic acids is 1. The van der Waals surface area contributed by atoms with Gasteiger partial charge in [-0.25, -0.2) is 4.79 Å². The first-order valence-electron chi connectivity index (χ1n) is 9.41. The molecular weight excluding hydrogens is 372 g/mol. The van der Waals surface area contributed by atoms with E-state index in [4.69, 9.17) is 0 Å². The van der Waals surface area contributed by atoms with Crippen LogP contribution in [-0.4, -0.2) is 50.6 Å². The van der Waals surface area contributed by atoms with Gasteiger partial charge in [-0.3, -0.25) is 19.6 Å². The molecule has 0 bridgehead atoms. The number of carbonyl (C=O) groups excluding carboxylic acids is 2. The number of anilines is 1. The lowest BCUT2D eigenvalue weighted by Crippen LogP contribution is -2.49. The average Bonchev–Trinajstić information content (AvgIpc) is 3.27. The highest BCUT2D eigenvalue weighted by molar-refractivity contribution is 6.26. The quantitative estimate of drug-likeness (QED) is 0.713. The second-order valence-corrected chi connectivity index (χ2v) is 7.38. The van der Waals surface area contributed by atoms with E-state index in [2.05, 4.69) is 10.2 Å². The van der Waals surface area contributed by atoms with Crippen molar-refractivity contribution in [2.24, 2.45) is 0 Å². The van der Waals surface area contributed by atoms with E-state index < -0.39 is 12.0 Å². The predicted octanol–water partition coefficient (Wildman–Crippen LogP) is 2.19. The first kappa shape index (κ1) is 17.4. The molecule has 2 amide bonds. The fraction of sp³-hybridized carbons (Fsp3) is 0.238. The Morgan fingerprint density at radius 3 is 2.72 bits per heavy atom. The number of hydrogen-bond acceptors (Lipinski definition) is 4. The molecule has 1 aromatic heterocycles. The van der Waals surface area contributed by atoms with Crippen molar-refractivity contribution in [3.63, 3.8) is 0 Å². The number of fused-ring (bicyclic) bond motifs is 1. The molecule has 3 aromatic rings. The minimum atomic E-state index is -1.12. The normalized spacial score (nSPS) is 16.2. The lowest BCUT2D eigenvalue weighted by atomic mass is 10.0. The number of hydrogen-bond donors (Lipinski definition) is 2. The highest BCUT2D eigenvalue weighted by atomic mass is 16.4. The molecule has 29 heavy (non-hydrogen) atoms. The number of nitrogens with one attached hydrogen (secondary N) is 1. The molecule has 8 heteroatoms. The molecular formula is C21H18N4O4. The van der Waals surface area contributed by atoms with Gasteiger partial charge in [0.2, 0.25) is 5.91 Å². The van der Waals surface area contributed by atoms with Crippen molar-refractivity contribution < 1.29 is 19.5 Å². The van der Waals surface area contributed by atoms with E-state index in [9.17, 15) is 19.5 Å². The van der Waals surface area contributed by atoms with Gasteiger partial charge in [-0.15, -0.1) is 0 Å². The topological polar surface area (TPSA) is 107 Å². The highest BCUT2D eigenvalue weighted by Crippen LogP contribution is 2.38. The molecule has 1 atom stereocenters. The van der Waals surface area contributed by atoms with Gasteiger partial charge in [0, 0.05) is 41.7 Å². The van der Waals surface area contributed by atoms with Crippen LogP contribution in [-0.2, 0) is 17.8 Å². The van der Waals surface area contributed by atoms with Crippen molar-refractivity contribution in [2.45, 2.75) is 25.9 Å². The Hall–Kier alpha value is -3.68. The first-order chi connectivity index (χ1) is 14.0. The predicted molar refractivity (Wildman–Crippen MR) is 105 cm³/mol. The van der Waals surface area contributed by atoms with Gasteiger partial charge in [-0.2, -0.15) is 5.10 Å².